The van der Waals surface area contributed by atoms with E-state index in [0.29, 0.717) is 27.4 Å². The molecule has 0 radical (unpaired) electrons. The van der Waals surface area contributed by atoms with E-state index in [2.05, 4.69) is 4.99 Å². The maximum Gasteiger partial charge on any atom is 0.285 e. The van der Waals surface area contributed by atoms with E-state index in [0.717, 1.165) is 5.69 Å². The van der Waals surface area contributed by atoms with Gasteiger partial charge in [0.2, 0.25) is 0 Å². The Labute approximate surface area is 212 Å². The first-order valence-electron chi connectivity index (χ1n) is 10.9. The lowest BCUT2D eigenvalue weighted by Crippen LogP contribution is -2.37. The smallest absolute Gasteiger partial charge is 0.285 e. The zero-order valence-corrected chi connectivity index (χ0v) is 20.8. The van der Waals surface area contributed by atoms with Crippen LogP contribution in [-0.2, 0) is 14.6 Å². The molecule has 3 aromatic rings. The number of benzene rings is 3. The molecule has 2 saturated heterocycles. The van der Waals surface area contributed by atoms with Crippen LogP contribution in [0.4, 0.5) is 5.69 Å². The van der Waals surface area contributed by atoms with Crippen LogP contribution in [-0.4, -0.2) is 48.9 Å². The predicted molar refractivity (Wildman–Crippen MR) is 139 cm³/mol. The lowest BCUT2D eigenvalue weighted by atomic mass is 10.2. The highest BCUT2D eigenvalue weighted by Gasteiger charge is 2.49. The molecule has 0 bridgehead atoms. The predicted octanol–water partition coefficient (Wildman–Crippen LogP) is 4.81. The molecule has 0 saturated carbocycles. The number of carbonyl (C=O) groups is 1. The van der Waals surface area contributed by atoms with Crippen molar-refractivity contribution in [2.75, 3.05) is 23.0 Å². The molecule has 2 aliphatic rings. The van der Waals surface area contributed by atoms with Crippen molar-refractivity contribution < 1.29 is 22.7 Å². The van der Waals surface area contributed by atoms with E-state index in [-0.39, 0.29) is 29.4 Å². The third kappa shape index (κ3) is 5.63. The molecule has 1 amide bonds. The van der Waals surface area contributed by atoms with Crippen molar-refractivity contribution in [3.8, 4) is 17.2 Å². The standard InChI is InChI=1S/C25H21ClN2O5S2/c26-17-6-10-19(11-7-17)32-14-24(29)27-25-28(22-15-35(30,31)16-23(22)34-25)18-8-12-21(13-9-18)33-20-4-2-1-3-5-20/h1-13,22-23H,14-16H2. The first-order valence-corrected chi connectivity index (χ1v) is 13.9. The number of thioether (sulfide) groups is 1. The van der Waals surface area contributed by atoms with Crippen LogP contribution in [0, 0.1) is 0 Å². The van der Waals surface area contributed by atoms with E-state index < -0.39 is 15.7 Å². The number of carbonyl (C=O) groups excluding carboxylic acids is 1. The number of amidine groups is 1. The fourth-order valence-corrected chi connectivity index (χ4v) is 8.04. The van der Waals surface area contributed by atoms with Crippen LogP contribution in [0.5, 0.6) is 17.2 Å². The fraction of sp³-hybridized carbons (Fsp3) is 0.200. The van der Waals surface area contributed by atoms with Gasteiger partial charge in [-0.25, -0.2) is 8.42 Å². The van der Waals surface area contributed by atoms with Crippen molar-refractivity contribution in [3.63, 3.8) is 0 Å². The van der Waals surface area contributed by atoms with E-state index in [4.69, 9.17) is 21.1 Å². The second kappa shape index (κ2) is 9.93. The molecule has 180 valence electrons. The van der Waals surface area contributed by atoms with Crippen LogP contribution in [0.1, 0.15) is 0 Å². The van der Waals surface area contributed by atoms with Gasteiger partial charge in [0.15, 0.2) is 21.6 Å². The molecule has 10 heteroatoms. The molecular weight excluding hydrogens is 508 g/mol. The van der Waals surface area contributed by atoms with Gasteiger partial charge < -0.3 is 14.4 Å². The molecule has 0 N–H and O–H groups in total. The highest BCUT2D eigenvalue weighted by atomic mass is 35.5. The highest BCUT2D eigenvalue weighted by molar-refractivity contribution is 8.16. The van der Waals surface area contributed by atoms with Crippen molar-refractivity contribution >= 4 is 50.0 Å². The minimum atomic E-state index is -3.16. The third-order valence-electron chi connectivity index (χ3n) is 5.56. The van der Waals surface area contributed by atoms with Gasteiger partial charge in [0.1, 0.15) is 17.2 Å². The van der Waals surface area contributed by atoms with E-state index in [1.165, 1.54) is 11.8 Å². The van der Waals surface area contributed by atoms with Crippen LogP contribution < -0.4 is 14.4 Å². The quantitative estimate of drug-likeness (QED) is 0.453. The minimum Gasteiger partial charge on any atom is -0.484 e. The van der Waals surface area contributed by atoms with Gasteiger partial charge >= 0.3 is 0 Å². The number of sulfone groups is 1. The Morgan fingerprint density at radius 3 is 2.31 bits per heavy atom. The van der Waals surface area contributed by atoms with E-state index >= 15 is 0 Å². The van der Waals surface area contributed by atoms with Crippen molar-refractivity contribution in [3.05, 3.63) is 83.9 Å². The molecule has 0 aromatic heterocycles. The summed E-state index contributed by atoms with van der Waals surface area (Å²) in [6, 6.07) is 23.1. The zero-order chi connectivity index (χ0) is 24.4. The Morgan fingerprint density at radius 2 is 1.60 bits per heavy atom. The molecule has 2 fully saturated rings. The van der Waals surface area contributed by atoms with Gasteiger partial charge in [-0.1, -0.05) is 41.6 Å². The van der Waals surface area contributed by atoms with E-state index in [1.54, 1.807) is 24.3 Å². The van der Waals surface area contributed by atoms with Gasteiger partial charge in [0.25, 0.3) is 5.91 Å². The summed E-state index contributed by atoms with van der Waals surface area (Å²) in [4.78, 5) is 18.7. The second-order valence-electron chi connectivity index (χ2n) is 8.11. The largest absolute Gasteiger partial charge is 0.484 e. The normalized spacial score (nSPS) is 21.6. The molecule has 3 aromatic carbocycles. The zero-order valence-electron chi connectivity index (χ0n) is 18.4. The van der Waals surface area contributed by atoms with Crippen LogP contribution in [0.25, 0.3) is 0 Å². The average Bonchev–Trinajstić information content (AvgIpc) is 3.30. The number of hydrogen-bond acceptors (Lipinski definition) is 6. The van der Waals surface area contributed by atoms with Gasteiger partial charge in [-0.2, -0.15) is 4.99 Å². The second-order valence-corrected chi connectivity index (χ2v) is 11.9. The third-order valence-corrected chi connectivity index (χ3v) is 9.02. The van der Waals surface area contributed by atoms with Crippen molar-refractivity contribution in [1.82, 2.24) is 0 Å². The Bertz CT molecular complexity index is 1350. The summed E-state index contributed by atoms with van der Waals surface area (Å²) in [5.41, 5.74) is 0.743. The van der Waals surface area contributed by atoms with Crippen LogP contribution in [0.3, 0.4) is 0 Å². The number of fused-ring (bicyclic) bond motifs is 1. The molecular formula is C25H21ClN2O5S2. The maximum absolute atomic E-state index is 12.6. The molecule has 0 aliphatic carbocycles. The SMILES string of the molecule is O=C(COc1ccc(Cl)cc1)N=C1SC2CS(=O)(=O)CC2N1c1ccc(Oc2ccccc2)cc1. The molecule has 2 heterocycles. The monoisotopic (exact) mass is 528 g/mol. The van der Waals surface area contributed by atoms with Gasteiger partial charge in [0, 0.05) is 16.0 Å². The number of aliphatic imine (C=N–C) groups is 1. The van der Waals surface area contributed by atoms with Gasteiger partial charge in [-0.3, -0.25) is 4.79 Å². The number of hydrogen-bond donors (Lipinski definition) is 0. The van der Waals surface area contributed by atoms with Gasteiger partial charge in [-0.15, -0.1) is 0 Å². The molecule has 0 spiro atoms. The maximum atomic E-state index is 12.6. The molecule has 2 aliphatic heterocycles. The Kier molecular flexibility index (Phi) is 6.73. The van der Waals surface area contributed by atoms with Crippen molar-refractivity contribution in [2.24, 2.45) is 4.99 Å². The topological polar surface area (TPSA) is 85.3 Å². The summed E-state index contributed by atoms with van der Waals surface area (Å²) in [6.07, 6.45) is 0. The van der Waals surface area contributed by atoms with Crippen LogP contribution in [0.2, 0.25) is 5.02 Å². The summed E-state index contributed by atoms with van der Waals surface area (Å²) >= 11 is 7.19. The molecule has 2 atom stereocenters. The Balaban J connectivity index is 1.35. The minimum absolute atomic E-state index is 0.0153. The molecule has 35 heavy (non-hydrogen) atoms. The van der Waals surface area contributed by atoms with Crippen LogP contribution >= 0.6 is 23.4 Å². The Morgan fingerprint density at radius 1 is 0.943 bits per heavy atom. The molecule has 2 unspecified atom stereocenters. The van der Waals surface area contributed by atoms with Crippen molar-refractivity contribution in [2.45, 2.75) is 11.3 Å². The van der Waals surface area contributed by atoms with E-state index in [9.17, 15) is 13.2 Å². The number of ether oxygens (including phenoxy) is 2. The summed E-state index contributed by atoms with van der Waals surface area (Å²) in [7, 11) is -3.16. The Hall–Kier alpha value is -3.01. The number of rotatable bonds is 6. The lowest BCUT2D eigenvalue weighted by Gasteiger charge is -2.24. The number of nitrogens with zero attached hydrogens (tertiary/aromatic N) is 2. The van der Waals surface area contributed by atoms with Gasteiger partial charge in [-0.05, 0) is 60.7 Å². The highest BCUT2D eigenvalue weighted by Crippen LogP contribution is 2.41. The average molecular weight is 529 g/mol. The number of para-hydroxylation sites is 1. The number of halogens is 1. The summed E-state index contributed by atoms with van der Waals surface area (Å²) < 4.78 is 36.0. The van der Waals surface area contributed by atoms with Gasteiger partial charge in [0.05, 0.1) is 17.5 Å². The lowest BCUT2D eigenvalue weighted by molar-refractivity contribution is -0.119. The first-order chi connectivity index (χ1) is 16.9. The summed E-state index contributed by atoms with van der Waals surface area (Å²) in [5.74, 6) is 1.49. The molecule has 5 rings (SSSR count). The van der Waals surface area contributed by atoms with Crippen molar-refractivity contribution in [1.29, 1.82) is 0 Å². The fourth-order valence-electron chi connectivity index (χ4n) is 3.98. The number of anilines is 1. The van der Waals surface area contributed by atoms with E-state index in [1.807, 2.05) is 59.5 Å². The van der Waals surface area contributed by atoms with Crippen LogP contribution in [0.15, 0.2) is 83.9 Å². The summed E-state index contributed by atoms with van der Waals surface area (Å²) in [5, 5.41) is 0.851. The molecule has 7 nitrogen and oxygen atoms in total. The summed E-state index contributed by atoms with van der Waals surface area (Å²) in [6.45, 7) is -0.239. The first kappa shape index (κ1) is 23.7. The number of amides is 1.